The number of H-pyrrole nitrogens is 1. The van der Waals surface area contributed by atoms with Gasteiger partial charge in [0.2, 0.25) is 0 Å². The molecule has 2 N–H and O–H groups in total. The lowest BCUT2D eigenvalue weighted by atomic mass is 9.48. The number of aromatic hydroxyl groups is 1. The molecule has 5 atom stereocenters. The molecule has 2 heterocycles. The fourth-order valence-corrected chi connectivity index (χ4v) is 8.24. The predicted molar refractivity (Wildman–Crippen MR) is 136 cm³/mol. The van der Waals surface area contributed by atoms with Crippen LogP contribution in [0.15, 0.2) is 41.3 Å². The number of fused-ring (bicyclic) bond motifs is 1. The number of aromatic amines is 1. The molecule has 6 nitrogen and oxygen atoms in total. The predicted octanol–water partition coefficient (Wildman–Crippen LogP) is 3.94. The van der Waals surface area contributed by atoms with Crippen molar-refractivity contribution in [3.63, 3.8) is 0 Å². The van der Waals surface area contributed by atoms with Gasteiger partial charge in [0.25, 0.3) is 5.91 Å². The van der Waals surface area contributed by atoms with Gasteiger partial charge in [-0.25, -0.2) is 0 Å². The second-order valence-electron chi connectivity index (χ2n) is 11.9. The topological polar surface area (TPSA) is 76.6 Å². The smallest absolute Gasteiger partial charge is 0.270 e. The third-order valence-electron chi connectivity index (χ3n) is 10.3. The minimum atomic E-state index is -0.164. The van der Waals surface area contributed by atoms with E-state index in [4.69, 9.17) is 0 Å². The van der Waals surface area contributed by atoms with E-state index in [1.807, 2.05) is 24.1 Å². The second-order valence-corrected chi connectivity index (χ2v) is 11.9. The summed E-state index contributed by atoms with van der Waals surface area (Å²) in [5, 5.41) is 10.6. The normalized spacial score (nSPS) is 32.5. The van der Waals surface area contributed by atoms with Gasteiger partial charge in [0.05, 0.1) is 0 Å². The Kier molecular flexibility index (Phi) is 5.19. The van der Waals surface area contributed by atoms with Crippen LogP contribution < -0.4 is 5.43 Å². The number of phenols is 1. The number of nitrogens with zero attached hydrogens (tertiary/aromatic N) is 2. The Morgan fingerprint density at radius 2 is 2.03 bits per heavy atom. The highest BCUT2D eigenvalue weighted by molar-refractivity contribution is 5.92. The maximum absolute atomic E-state index is 13.4. The van der Waals surface area contributed by atoms with Gasteiger partial charge in [0.15, 0.2) is 5.43 Å². The summed E-state index contributed by atoms with van der Waals surface area (Å²) < 4.78 is 0. The highest BCUT2D eigenvalue weighted by Gasteiger charge is 2.67. The van der Waals surface area contributed by atoms with E-state index in [1.54, 1.807) is 6.20 Å². The second kappa shape index (κ2) is 7.95. The van der Waals surface area contributed by atoms with Gasteiger partial charge in [0, 0.05) is 49.4 Å². The zero-order valence-corrected chi connectivity index (χ0v) is 21.1. The zero-order valence-electron chi connectivity index (χ0n) is 21.1. The van der Waals surface area contributed by atoms with Crippen molar-refractivity contribution in [2.24, 2.45) is 17.3 Å². The third-order valence-corrected chi connectivity index (χ3v) is 10.3. The maximum atomic E-state index is 13.4. The van der Waals surface area contributed by atoms with E-state index in [-0.39, 0.29) is 34.1 Å². The molecule has 1 amide bonds. The fraction of sp³-hybridized carbons (Fsp3) is 0.586. The highest BCUT2D eigenvalue weighted by Crippen LogP contribution is 2.68. The van der Waals surface area contributed by atoms with Crippen molar-refractivity contribution < 1.29 is 9.90 Å². The van der Waals surface area contributed by atoms with Crippen LogP contribution in [0.3, 0.4) is 0 Å². The van der Waals surface area contributed by atoms with Gasteiger partial charge in [-0.2, -0.15) is 0 Å². The lowest BCUT2D eigenvalue weighted by molar-refractivity contribution is -0.0627. The standard InChI is InChI=1S/C29H37N3O3/c1-18(31(3)27(35)25-16-22(34)9-12-30-25)23-8-10-28(2)26-14-20-6-7-21(33)15-24(20)29(23,28)11-13-32(26)17-19-4-5-19/h6-7,9,12,15-16,18-19,23,26,33H,4-5,8,10-11,13-14,17H2,1-3H3,(H,30,34). The maximum Gasteiger partial charge on any atom is 0.270 e. The lowest BCUT2D eigenvalue weighted by Crippen LogP contribution is -2.67. The quantitative estimate of drug-likeness (QED) is 0.687. The largest absolute Gasteiger partial charge is 0.508 e. The first-order valence-corrected chi connectivity index (χ1v) is 13.3. The molecule has 3 aliphatic carbocycles. The lowest BCUT2D eigenvalue weighted by Gasteiger charge is -2.63. The summed E-state index contributed by atoms with van der Waals surface area (Å²) >= 11 is 0. The number of pyridine rings is 1. The van der Waals surface area contributed by atoms with Crippen LogP contribution in [0, 0.1) is 17.3 Å². The summed E-state index contributed by atoms with van der Waals surface area (Å²) in [5.41, 5.74) is 2.87. The van der Waals surface area contributed by atoms with E-state index < -0.39 is 0 Å². The van der Waals surface area contributed by atoms with Crippen molar-refractivity contribution in [1.29, 1.82) is 0 Å². The summed E-state index contributed by atoms with van der Waals surface area (Å²) in [4.78, 5) is 32.8. The molecular formula is C29H37N3O3. The van der Waals surface area contributed by atoms with Crippen LogP contribution in [0.2, 0.25) is 0 Å². The van der Waals surface area contributed by atoms with Crippen molar-refractivity contribution in [3.8, 4) is 5.75 Å². The molecule has 4 aliphatic rings. The number of phenolic OH excluding ortho intramolecular Hbond substituents is 1. The first-order valence-electron chi connectivity index (χ1n) is 13.3. The van der Waals surface area contributed by atoms with Crippen molar-refractivity contribution in [2.45, 2.75) is 69.9 Å². The first-order chi connectivity index (χ1) is 16.7. The minimum absolute atomic E-state index is 0.00281. The number of carbonyl (C=O) groups excluding carboxylic acids is 1. The zero-order chi connectivity index (χ0) is 24.5. The van der Waals surface area contributed by atoms with E-state index in [0.717, 1.165) is 38.1 Å². The number of hydrogen-bond donors (Lipinski definition) is 2. The molecule has 6 rings (SSSR count). The van der Waals surface area contributed by atoms with E-state index in [9.17, 15) is 14.7 Å². The SMILES string of the molecule is CC(C1CCC2(C)C3Cc4ccc(O)cc4C12CCN3CC1CC1)N(C)C(=O)c1cc(=O)cc[nH]1. The Bertz CT molecular complexity index is 1220. The molecule has 2 saturated carbocycles. The van der Waals surface area contributed by atoms with Crippen LogP contribution in [0.5, 0.6) is 5.75 Å². The Balaban J connectivity index is 1.40. The number of aromatic nitrogens is 1. The number of carbonyl (C=O) groups is 1. The van der Waals surface area contributed by atoms with E-state index in [2.05, 4.69) is 29.8 Å². The molecule has 3 fully saturated rings. The Morgan fingerprint density at radius 3 is 2.77 bits per heavy atom. The van der Waals surface area contributed by atoms with Crippen molar-refractivity contribution in [1.82, 2.24) is 14.8 Å². The van der Waals surface area contributed by atoms with Gasteiger partial charge in [0.1, 0.15) is 11.4 Å². The molecule has 1 aromatic heterocycles. The van der Waals surface area contributed by atoms with Crippen molar-refractivity contribution in [3.05, 3.63) is 63.6 Å². The van der Waals surface area contributed by atoms with Crippen LogP contribution in [0.25, 0.3) is 0 Å². The summed E-state index contributed by atoms with van der Waals surface area (Å²) in [6.45, 7) is 6.96. The molecule has 5 unspecified atom stereocenters. The average Bonchev–Trinajstić information content (AvgIpc) is 3.59. The van der Waals surface area contributed by atoms with Crippen molar-refractivity contribution in [2.75, 3.05) is 20.1 Å². The van der Waals surface area contributed by atoms with E-state index in [1.165, 1.54) is 42.6 Å². The number of rotatable bonds is 5. The van der Waals surface area contributed by atoms with Crippen LogP contribution in [0.4, 0.5) is 0 Å². The minimum Gasteiger partial charge on any atom is -0.508 e. The van der Waals surface area contributed by atoms with Crippen LogP contribution in [-0.4, -0.2) is 58.0 Å². The Morgan fingerprint density at radius 1 is 1.23 bits per heavy atom. The molecule has 1 saturated heterocycles. The fourth-order valence-electron chi connectivity index (χ4n) is 8.24. The van der Waals surface area contributed by atoms with Gasteiger partial charge in [-0.1, -0.05) is 13.0 Å². The monoisotopic (exact) mass is 475 g/mol. The summed E-state index contributed by atoms with van der Waals surface area (Å²) in [6, 6.07) is 9.33. The molecule has 0 spiro atoms. The molecule has 186 valence electrons. The van der Waals surface area contributed by atoms with E-state index in [0.29, 0.717) is 17.5 Å². The molecule has 2 aromatic rings. The summed E-state index contributed by atoms with van der Waals surface area (Å²) in [6.07, 6.45) is 8.56. The molecule has 6 heteroatoms. The van der Waals surface area contributed by atoms with Crippen LogP contribution >= 0.6 is 0 Å². The van der Waals surface area contributed by atoms with Gasteiger partial charge in [-0.05, 0) is 92.5 Å². The Hall–Kier alpha value is -2.60. The number of nitrogens with one attached hydrogen (secondary N) is 1. The number of amides is 1. The van der Waals surface area contributed by atoms with Gasteiger partial charge in [-0.15, -0.1) is 0 Å². The average molecular weight is 476 g/mol. The highest BCUT2D eigenvalue weighted by atomic mass is 16.3. The first kappa shape index (κ1) is 22.8. The third kappa shape index (κ3) is 3.32. The molecule has 2 bridgehead atoms. The van der Waals surface area contributed by atoms with Crippen molar-refractivity contribution >= 4 is 5.91 Å². The number of likely N-dealkylation sites (tertiary alicyclic amines) is 1. The van der Waals surface area contributed by atoms with Gasteiger partial charge >= 0.3 is 0 Å². The van der Waals surface area contributed by atoms with Gasteiger partial charge < -0.3 is 15.0 Å². The molecule has 1 aliphatic heterocycles. The molecule has 1 aromatic carbocycles. The molecule has 35 heavy (non-hydrogen) atoms. The van der Waals surface area contributed by atoms with E-state index >= 15 is 0 Å². The number of hydrogen-bond acceptors (Lipinski definition) is 4. The molecular weight excluding hydrogens is 438 g/mol. The molecule has 0 radical (unpaired) electrons. The summed E-state index contributed by atoms with van der Waals surface area (Å²) in [5.74, 6) is 1.34. The Labute approximate surface area is 207 Å². The van der Waals surface area contributed by atoms with Crippen LogP contribution in [-0.2, 0) is 11.8 Å². The summed E-state index contributed by atoms with van der Waals surface area (Å²) in [7, 11) is 1.87. The van der Waals surface area contributed by atoms with Crippen LogP contribution in [0.1, 0.15) is 67.6 Å². The number of piperidine rings is 1. The number of benzene rings is 1. The van der Waals surface area contributed by atoms with Gasteiger partial charge in [-0.3, -0.25) is 14.5 Å².